The van der Waals surface area contributed by atoms with Crippen LogP contribution in [-0.4, -0.2) is 24.0 Å². The molecule has 4 heteroatoms. The van der Waals surface area contributed by atoms with E-state index in [1.807, 2.05) is 19.2 Å². The van der Waals surface area contributed by atoms with Gasteiger partial charge in [0, 0.05) is 13.2 Å². The number of hydrogen-bond donors (Lipinski definition) is 1. The van der Waals surface area contributed by atoms with Gasteiger partial charge in [0.25, 0.3) is 0 Å². The monoisotopic (exact) mass is 179 g/mol. The number of carbonyl (C=O) groups is 1. The second kappa shape index (κ2) is 3.89. The summed E-state index contributed by atoms with van der Waals surface area (Å²) in [6, 6.07) is 3.38. The van der Waals surface area contributed by atoms with Crippen molar-refractivity contribution in [1.82, 2.24) is 4.98 Å². The van der Waals surface area contributed by atoms with Crippen molar-refractivity contribution in [2.24, 2.45) is 5.73 Å². The van der Waals surface area contributed by atoms with E-state index >= 15 is 0 Å². The molecule has 1 aromatic rings. The Hall–Kier alpha value is -1.58. The molecular formula is C9H13N3O. The van der Waals surface area contributed by atoms with Gasteiger partial charge in [0.2, 0.25) is 5.91 Å². The molecule has 0 aliphatic rings. The average Bonchev–Trinajstić information content (AvgIpc) is 2.17. The van der Waals surface area contributed by atoms with E-state index in [2.05, 4.69) is 4.98 Å². The number of amides is 1. The third-order valence-electron chi connectivity index (χ3n) is 2.05. The van der Waals surface area contributed by atoms with Crippen molar-refractivity contribution in [3.05, 3.63) is 24.5 Å². The highest BCUT2D eigenvalue weighted by Gasteiger charge is 2.14. The van der Waals surface area contributed by atoms with Gasteiger partial charge in [0.05, 0.1) is 11.9 Å². The summed E-state index contributed by atoms with van der Waals surface area (Å²) in [5.41, 5.74) is 6.06. The van der Waals surface area contributed by atoms with Crippen molar-refractivity contribution in [2.45, 2.75) is 13.0 Å². The van der Waals surface area contributed by atoms with E-state index in [0.717, 1.165) is 5.69 Å². The van der Waals surface area contributed by atoms with Crippen molar-refractivity contribution in [2.75, 3.05) is 11.9 Å². The molecule has 0 radical (unpaired) electrons. The van der Waals surface area contributed by atoms with E-state index in [4.69, 9.17) is 5.73 Å². The van der Waals surface area contributed by atoms with Gasteiger partial charge in [-0.15, -0.1) is 0 Å². The Labute approximate surface area is 77.4 Å². The van der Waals surface area contributed by atoms with Crippen LogP contribution in [0, 0.1) is 0 Å². The predicted octanol–water partition coefficient (Wildman–Crippen LogP) is 0.392. The standard InChI is InChI=1S/C9H13N3O/c1-7(9(10)13)12(2)8-4-3-5-11-6-8/h3-7H,1-2H3,(H2,10,13). The van der Waals surface area contributed by atoms with E-state index in [1.165, 1.54) is 0 Å². The Balaban J connectivity index is 2.79. The second-order valence-corrected chi connectivity index (χ2v) is 2.90. The first-order valence-corrected chi connectivity index (χ1v) is 4.05. The molecule has 2 N–H and O–H groups in total. The molecule has 0 aliphatic heterocycles. The van der Waals surface area contributed by atoms with Gasteiger partial charge >= 0.3 is 0 Å². The first-order valence-electron chi connectivity index (χ1n) is 4.05. The Kier molecular flexibility index (Phi) is 2.84. The summed E-state index contributed by atoms with van der Waals surface area (Å²) in [6.45, 7) is 1.76. The highest BCUT2D eigenvalue weighted by atomic mass is 16.1. The molecule has 1 amide bonds. The predicted molar refractivity (Wildman–Crippen MR) is 51.3 cm³/mol. The molecule has 1 rings (SSSR count). The van der Waals surface area contributed by atoms with E-state index in [-0.39, 0.29) is 11.9 Å². The number of anilines is 1. The molecule has 0 spiro atoms. The van der Waals surface area contributed by atoms with Crippen LogP contribution in [0.2, 0.25) is 0 Å². The van der Waals surface area contributed by atoms with Crippen LogP contribution in [0.5, 0.6) is 0 Å². The third-order valence-corrected chi connectivity index (χ3v) is 2.05. The van der Waals surface area contributed by atoms with Crippen LogP contribution < -0.4 is 10.6 Å². The zero-order chi connectivity index (χ0) is 9.84. The maximum absolute atomic E-state index is 10.9. The molecule has 1 atom stereocenters. The molecule has 0 fully saturated rings. The lowest BCUT2D eigenvalue weighted by Gasteiger charge is -2.23. The van der Waals surface area contributed by atoms with Gasteiger partial charge in [-0.25, -0.2) is 0 Å². The van der Waals surface area contributed by atoms with Gasteiger partial charge in [-0.3, -0.25) is 9.78 Å². The third kappa shape index (κ3) is 2.18. The van der Waals surface area contributed by atoms with E-state index in [1.54, 1.807) is 24.2 Å². The van der Waals surface area contributed by atoms with Crippen LogP contribution in [-0.2, 0) is 4.79 Å². The molecule has 1 aromatic heterocycles. The number of hydrogen-bond acceptors (Lipinski definition) is 3. The van der Waals surface area contributed by atoms with Gasteiger partial charge in [0.15, 0.2) is 0 Å². The summed E-state index contributed by atoms with van der Waals surface area (Å²) < 4.78 is 0. The zero-order valence-corrected chi connectivity index (χ0v) is 7.77. The van der Waals surface area contributed by atoms with Crippen LogP contribution in [0.1, 0.15) is 6.92 Å². The quantitative estimate of drug-likeness (QED) is 0.730. The Morgan fingerprint density at radius 3 is 2.85 bits per heavy atom. The molecule has 0 bridgehead atoms. The number of primary amides is 1. The summed E-state index contributed by atoms with van der Waals surface area (Å²) in [6.07, 6.45) is 3.38. The van der Waals surface area contributed by atoms with Crippen LogP contribution in [0.25, 0.3) is 0 Å². The lowest BCUT2D eigenvalue weighted by atomic mass is 10.2. The van der Waals surface area contributed by atoms with Crippen LogP contribution in [0.3, 0.4) is 0 Å². The number of carbonyl (C=O) groups excluding carboxylic acids is 1. The van der Waals surface area contributed by atoms with E-state index in [9.17, 15) is 4.79 Å². The van der Waals surface area contributed by atoms with Crippen LogP contribution in [0.4, 0.5) is 5.69 Å². The molecule has 70 valence electrons. The largest absolute Gasteiger partial charge is 0.368 e. The molecule has 1 heterocycles. The summed E-state index contributed by atoms with van der Waals surface area (Å²) in [4.78, 5) is 16.6. The van der Waals surface area contributed by atoms with Crippen molar-refractivity contribution in [3.63, 3.8) is 0 Å². The minimum absolute atomic E-state index is 0.316. The minimum atomic E-state index is -0.341. The SMILES string of the molecule is CC(C(N)=O)N(C)c1cccnc1. The summed E-state index contributed by atoms with van der Waals surface area (Å²) in [7, 11) is 1.81. The maximum atomic E-state index is 10.9. The molecule has 0 saturated carbocycles. The highest BCUT2D eigenvalue weighted by molar-refractivity contribution is 5.82. The van der Waals surface area contributed by atoms with Gasteiger partial charge < -0.3 is 10.6 Å². The highest BCUT2D eigenvalue weighted by Crippen LogP contribution is 2.11. The van der Waals surface area contributed by atoms with Crippen molar-refractivity contribution >= 4 is 11.6 Å². The average molecular weight is 179 g/mol. The number of pyridine rings is 1. The zero-order valence-electron chi connectivity index (χ0n) is 7.77. The van der Waals surface area contributed by atoms with E-state index in [0.29, 0.717) is 0 Å². The molecule has 0 aliphatic carbocycles. The molecule has 4 nitrogen and oxygen atoms in total. The van der Waals surface area contributed by atoms with Crippen LogP contribution in [0.15, 0.2) is 24.5 Å². The minimum Gasteiger partial charge on any atom is -0.368 e. The van der Waals surface area contributed by atoms with Crippen LogP contribution >= 0.6 is 0 Å². The Morgan fingerprint density at radius 2 is 2.38 bits per heavy atom. The fraction of sp³-hybridized carbons (Fsp3) is 0.333. The fourth-order valence-corrected chi connectivity index (χ4v) is 0.977. The van der Waals surface area contributed by atoms with Crippen molar-refractivity contribution in [3.8, 4) is 0 Å². The Bertz CT molecular complexity index is 286. The molecule has 0 saturated heterocycles. The van der Waals surface area contributed by atoms with Gasteiger partial charge in [-0.05, 0) is 19.1 Å². The van der Waals surface area contributed by atoms with Gasteiger partial charge in [0.1, 0.15) is 6.04 Å². The number of nitrogens with two attached hydrogens (primary N) is 1. The lowest BCUT2D eigenvalue weighted by molar-refractivity contribution is -0.118. The second-order valence-electron chi connectivity index (χ2n) is 2.90. The first-order chi connectivity index (χ1) is 6.13. The summed E-state index contributed by atoms with van der Waals surface area (Å²) in [5.74, 6) is -0.341. The molecule has 0 aromatic carbocycles. The number of rotatable bonds is 3. The summed E-state index contributed by atoms with van der Waals surface area (Å²) >= 11 is 0. The number of likely N-dealkylation sites (N-methyl/N-ethyl adjacent to an activating group) is 1. The first kappa shape index (κ1) is 9.51. The molecule has 13 heavy (non-hydrogen) atoms. The van der Waals surface area contributed by atoms with Crippen molar-refractivity contribution in [1.29, 1.82) is 0 Å². The maximum Gasteiger partial charge on any atom is 0.239 e. The lowest BCUT2D eigenvalue weighted by Crippen LogP contribution is -2.40. The Morgan fingerprint density at radius 1 is 1.69 bits per heavy atom. The van der Waals surface area contributed by atoms with Gasteiger partial charge in [-0.2, -0.15) is 0 Å². The number of aromatic nitrogens is 1. The summed E-state index contributed by atoms with van der Waals surface area (Å²) in [5, 5.41) is 0. The smallest absolute Gasteiger partial charge is 0.239 e. The van der Waals surface area contributed by atoms with Crippen molar-refractivity contribution < 1.29 is 4.79 Å². The molecule has 1 unspecified atom stereocenters. The van der Waals surface area contributed by atoms with Gasteiger partial charge in [-0.1, -0.05) is 0 Å². The van der Waals surface area contributed by atoms with E-state index < -0.39 is 0 Å². The normalized spacial score (nSPS) is 12.2. The molecular weight excluding hydrogens is 166 g/mol. The topological polar surface area (TPSA) is 59.2 Å². The number of nitrogens with zero attached hydrogens (tertiary/aromatic N) is 2. The fourth-order valence-electron chi connectivity index (χ4n) is 0.977.